The summed E-state index contributed by atoms with van der Waals surface area (Å²) >= 11 is 0. The maximum Gasteiger partial charge on any atom is 0.269 e. The Morgan fingerprint density at radius 2 is 1.18 bits per heavy atom. The van der Waals surface area contributed by atoms with E-state index in [2.05, 4.69) is 24.0 Å². The van der Waals surface area contributed by atoms with Crippen LogP contribution < -0.4 is 9.47 Å². The Morgan fingerprint density at radius 1 is 0.689 bits per heavy atom. The van der Waals surface area contributed by atoms with Crippen molar-refractivity contribution in [3.8, 4) is 11.5 Å². The fraction of sp³-hybridized carbons (Fsp3) is 0.211. The molecule has 0 amide bonds. The van der Waals surface area contributed by atoms with Crippen molar-refractivity contribution in [3.05, 3.63) is 171 Å². The number of hydrogen-bond donors (Lipinski definition) is 1. The number of nitrogens with zero attached hydrogens (tertiary/aromatic N) is 2. The Balaban J connectivity index is 1.36. The number of aliphatic hydroxyl groups is 1. The molecule has 7 nitrogen and oxygen atoms in total. The SMILES string of the molecule is C[C@@H](Cc1ccc([N+](=O)[O-])cc1)N(Cc1ccccc1)C[C@H](O)c1cc(OCc2ccccc2)cc(OCc2ccccc2)c1. The van der Waals surface area contributed by atoms with E-state index in [9.17, 15) is 15.2 Å². The molecule has 0 radical (unpaired) electrons. The van der Waals surface area contributed by atoms with Crippen LogP contribution in [0.15, 0.2) is 133 Å². The molecule has 0 aliphatic rings. The van der Waals surface area contributed by atoms with Gasteiger partial charge in [-0.1, -0.05) is 103 Å². The molecule has 0 bridgehead atoms. The van der Waals surface area contributed by atoms with Gasteiger partial charge >= 0.3 is 0 Å². The van der Waals surface area contributed by atoms with Crippen molar-refractivity contribution in [2.45, 2.75) is 45.2 Å². The molecule has 5 aromatic carbocycles. The summed E-state index contributed by atoms with van der Waals surface area (Å²) in [4.78, 5) is 13.0. The molecule has 5 aromatic rings. The van der Waals surface area contributed by atoms with Crippen LogP contribution in [-0.4, -0.2) is 27.5 Å². The summed E-state index contributed by atoms with van der Waals surface area (Å²) in [5.74, 6) is 1.24. The van der Waals surface area contributed by atoms with Gasteiger partial charge in [-0.2, -0.15) is 0 Å². The highest BCUT2D eigenvalue weighted by atomic mass is 16.6. The number of ether oxygens (including phenoxy) is 2. The summed E-state index contributed by atoms with van der Waals surface area (Å²) in [6.07, 6.45) is -0.157. The van der Waals surface area contributed by atoms with Crippen LogP contribution in [0.4, 0.5) is 5.69 Å². The minimum atomic E-state index is -0.827. The smallest absolute Gasteiger partial charge is 0.269 e. The normalized spacial score (nSPS) is 12.4. The summed E-state index contributed by atoms with van der Waals surface area (Å²) < 4.78 is 12.4. The first kappa shape index (κ1) is 31.4. The molecular weight excluding hydrogens is 564 g/mol. The Bertz CT molecular complexity index is 1570. The monoisotopic (exact) mass is 602 g/mol. The molecule has 0 saturated carbocycles. The van der Waals surface area contributed by atoms with Crippen LogP contribution in [0.3, 0.4) is 0 Å². The third kappa shape index (κ3) is 9.50. The van der Waals surface area contributed by atoms with E-state index in [1.54, 1.807) is 12.1 Å². The number of aliphatic hydroxyl groups excluding tert-OH is 1. The zero-order valence-corrected chi connectivity index (χ0v) is 25.4. The van der Waals surface area contributed by atoms with E-state index < -0.39 is 6.10 Å². The third-order valence-corrected chi connectivity index (χ3v) is 7.72. The fourth-order valence-electron chi connectivity index (χ4n) is 5.20. The number of benzene rings is 5. The molecule has 0 aliphatic heterocycles. The second-order valence-electron chi connectivity index (χ2n) is 11.2. The molecule has 0 saturated heterocycles. The van der Waals surface area contributed by atoms with E-state index in [4.69, 9.17) is 9.47 Å². The minimum Gasteiger partial charge on any atom is -0.489 e. The maximum atomic E-state index is 11.7. The lowest BCUT2D eigenvalue weighted by Crippen LogP contribution is -2.37. The number of nitro benzene ring substituents is 1. The summed E-state index contributed by atoms with van der Waals surface area (Å²) in [5.41, 5.74) is 4.99. The third-order valence-electron chi connectivity index (χ3n) is 7.72. The Hall–Kier alpha value is -4.98. The number of hydrogen-bond acceptors (Lipinski definition) is 6. The van der Waals surface area contributed by atoms with Crippen molar-refractivity contribution >= 4 is 5.69 Å². The Morgan fingerprint density at radius 3 is 1.67 bits per heavy atom. The van der Waals surface area contributed by atoms with Gasteiger partial charge in [0.1, 0.15) is 24.7 Å². The highest BCUT2D eigenvalue weighted by Crippen LogP contribution is 2.30. The van der Waals surface area contributed by atoms with Gasteiger partial charge < -0.3 is 14.6 Å². The van der Waals surface area contributed by atoms with E-state index >= 15 is 0 Å². The van der Waals surface area contributed by atoms with Crippen LogP contribution in [0.25, 0.3) is 0 Å². The lowest BCUT2D eigenvalue weighted by Gasteiger charge is -2.31. The van der Waals surface area contributed by atoms with Gasteiger partial charge in [-0.25, -0.2) is 0 Å². The van der Waals surface area contributed by atoms with Gasteiger partial charge in [0.25, 0.3) is 5.69 Å². The summed E-state index contributed by atoms with van der Waals surface area (Å²) in [6, 6.07) is 42.4. The highest BCUT2D eigenvalue weighted by molar-refractivity contribution is 5.40. The molecule has 0 spiro atoms. The standard InChI is InChI=1S/C38H38N2O5/c1-29(21-30-17-19-35(20-18-30)40(42)43)39(25-31-11-5-2-6-12-31)26-38(41)34-22-36(44-27-32-13-7-3-8-14-32)24-37(23-34)45-28-33-15-9-4-10-16-33/h2-20,22-24,29,38,41H,21,25-28H2,1H3/t29-,38-/m0/s1. The van der Waals surface area contributed by atoms with E-state index in [1.807, 2.05) is 97.1 Å². The molecule has 1 N–H and O–H groups in total. The van der Waals surface area contributed by atoms with Crippen molar-refractivity contribution < 1.29 is 19.5 Å². The van der Waals surface area contributed by atoms with Crippen molar-refractivity contribution in [1.82, 2.24) is 4.90 Å². The number of nitro groups is 1. The fourth-order valence-corrected chi connectivity index (χ4v) is 5.20. The number of rotatable bonds is 15. The van der Waals surface area contributed by atoms with Gasteiger partial charge in [0.2, 0.25) is 0 Å². The Kier molecular flexibility index (Phi) is 10.9. The van der Waals surface area contributed by atoms with E-state index in [0.717, 1.165) is 22.3 Å². The average molecular weight is 603 g/mol. The molecule has 230 valence electrons. The minimum absolute atomic E-state index is 0.0348. The summed E-state index contributed by atoms with van der Waals surface area (Å²) in [5, 5.41) is 22.8. The van der Waals surface area contributed by atoms with Gasteiger partial charge in [-0.3, -0.25) is 15.0 Å². The van der Waals surface area contributed by atoms with Crippen LogP contribution >= 0.6 is 0 Å². The maximum absolute atomic E-state index is 11.7. The highest BCUT2D eigenvalue weighted by Gasteiger charge is 2.21. The molecule has 2 atom stereocenters. The van der Waals surface area contributed by atoms with Gasteiger partial charge in [-0.05, 0) is 53.3 Å². The lowest BCUT2D eigenvalue weighted by atomic mass is 10.0. The van der Waals surface area contributed by atoms with Crippen molar-refractivity contribution in [1.29, 1.82) is 0 Å². The zero-order chi connectivity index (χ0) is 31.4. The first-order valence-corrected chi connectivity index (χ1v) is 15.1. The molecule has 45 heavy (non-hydrogen) atoms. The van der Waals surface area contributed by atoms with E-state index in [-0.39, 0.29) is 16.7 Å². The van der Waals surface area contributed by atoms with Gasteiger partial charge in [0.15, 0.2) is 0 Å². The Labute approximate surface area is 264 Å². The molecule has 0 aromatic heterocycles. The van der Waals surface area contributed by atoms with Gasteiger partial charge in [0.05, 0.1) is 11.0 Å². The summed E-state index contributed by atoms with van der Waals surface area (Å²) in [6.45, 7) is 3.90. The largest absolute Gasteiger partial charge is 0.489 e. The first-order chi connectivity index (χ1) is 21.9. The van der Waals surface area contributed by atoms with Crippen molar-refractivity contribution in [2.24, 2.45) is 0 Å². The van der Waals surface area contributed by atoms with Gasteiger partial charge in [0, 0.05) is 37.3 Å². The lowest BCUT2D eigenvalue weighted by molar-refractivity contribution is -0.384. The molecule has 0 aliphatic carbocycles. The molecule has 0 fully saturated rings. The van der Waals surface area contributed by atoms with Crippen LogP contribution in [0.1, 0.15) is 40.8 Å². The molecule has 5 rings (SSSR count). The second kappa shape index (κ2) is 15.7. The van der Waals surface area contributed by atoms with Crippen LogP contribution in [0.2, 0.25) is 0 Å². The van der Waals surface area contributed by atoms with Crippen LogP contribution in [0, 0.1) is 10.1 Å². The van der Waals surface area contributed by atoms with Crippen LogP contribution in [-0.2, 0) is 26.2 Å². The zero-order valence-electron chi connectivity index (χ0n) is 25.4. The summed E-state index contributed by atoms with van der Waals surface area (Å²) in [7, 11) is 0. The van der Waals surface area contributed by atoms with Crippen LogP contribution in [0.5, 0.6) is 11.5 Å². The topological polar surface area (TPSA) is 85.1 Å². The molecule has 0 unspecified atom stereocenters. The van der Waals surface area contributed by atoms with Crippen molar-refractivity contribution in [3.63, 3.8) is 0 Å². The first-order valence-electron chi connectivity index (χ1n) is 15.1. The average Bonchev–Trinajstić information content (AvgIpc) is 3.07. The second-order valence-corrected chi connectivity index (χ2v) is 11.2. The molecule has 7 heteroatoms. The predicted molar refractivity (Wildman–Crippen MR) is 176 cm³/mol. The number of non-ortho nitro benzene ring substituents is 1. The van der Waals surface area contributed by atoms with E-state index in [1.165, 1.54) is 12.1 Å². The molecular formula is C38H38N2O5. The van der Waals surface area contributed by atoms with E-state index in [0.29, 0.717) is 49.8 Å². The quantitative estimate of drug-likeness (QED) is 0.0968. The van der Waals surface area contributed by atoms with Crippen molar-refractivity contribution in [2.75, 3.05) is 6.54 Å². The molecule has 0 heterocycles. The predicted octanol–water partition coefficient (Wildman–Crippen LogP) is 7.92. The van der Waals surface area contributed by atoms with Gasteiger partial charge in [-0.15, -0.1) is 0 Å².